The number of aryl methyl sites for hydroxylation is 2. The number of pyridine rings is 1. The zero-order valence-electron chi connectivity index (χ0n) is 17.9. The maximum atomic E-state index is 8.40. The summed E-state index contributed by atoms with van der Waals surface area (Å²) in [6.07, 6.45) is 1.28. The molecule has 4 aromatic rings. The van der Waals surface area contributed by atoms with Crippen LogP contribution in [0.25, 0.3) is 32.6 Å². The van der Waals surface area contributed by atoms with E-state index in [9.17, 15) is 0 Å². The van der Waals surface area contributed by atoms with Crippen LogP contribution in [0.5, 0.6) is 0 Å². The van der Waals surface area contributed by atoms with Crippen molar-refractivity contribution in [3.8, 4) is 21.7 Å². The van der Waals surface area contributed by atoms with E-state index in [0.29, 0.717) is 0 Å². The summed E-state index contributed by atoms with van der Waals surface area (Å²) in [5, 5.41) is 9.60. The molecule has 0 fully saturated rings. The van der Waals surface area contributed by atoms with Gasteiger partial charge in [0, 0.05) is 25.5 Å². The van der Waals surface area contributed by atoms with Crippen LogP contribution in [0, 0.1) is 19.9 Å². The van der Waals surface area contributed by atoms with Crippen molar-refractivity contribution >= 4 is 28.0 Å². The van der Waals surface area contributed by atoms with Gasteiger partial charge in [-0.3, -0.25) is 4.79 Å². The number of fused-ring (bicyclic) bond motifs is 1. The maximum Gasteiger partial charge on any atom is 0.316 e. The topological polar surface area (TPSA) is 54.5 Å². The quantitative estimate of drug-likeness (QED) is 0.117. The Labute approximate surface area is 200 Å². The van der Waals surface area contributed by atoms with Crippen molar-refractivity contribution in [3.05, 3.63) is 89.0 Å². The fourth-order valence-electron chi connectivity index (χ4n) is 3.13. The van der Waals surface area contributed by atoms with Crippen molar-refractivity contribution in [1.82, 2.24) is 4.98 Å². The number of carbonyl (C=O) groups excluding carboxylic acids is 1. The summed E-state index contributed by atoms with van der Waals surface area (Å²) in [7, 11) is 0. The van der Waals surface area contributed by atoms with E-state index in [2.05, 4.69) is 68.4 Å². The van der Waals surface area contributed by atoms with E-state index in [-0.39, 0.29) is 31.6 Å². The van der Waals surface area contributed by atoms with Gasteiger partial charge in [0.25, 0.3) is 0 Å². The van der Waals surface area contributed by atoms with Crippen LogP contribution in [0.4, 0.5) is 0 Å². The van der Waals surface area contributed by atoms with Gasteiger partial charge >= 0.3 is 5.78 Å². The van der Waals surface area contributed by atoms with Crippen LogP contribution in [0.3, 0.4) is 0 Å². The van der Waals surface area contributed by atoms with Gasteiger partial charge in [-0.1, -0.05) is 65.2 Å². The zero-order chi connectivity index (χ0) is 21.7. The van der Waals surface area contributed by atoms with Crippen molar-refractivity contribution < 1.29 is 30.0 Å². The molecule has 0 spiro atoms. The second-order valence-corrected chi connectivity index (χ2v) is 8.46. The Morgan fingerprint density at radius 3 is 2.32 bits per heavy atom. The summed E-state index contributed by atoms with van der Waals surface area (Å²) in [5.74, 6) is 0.250. The van der Waals surface area contributed by atoms with Gasteiger partial charge in [-0.15, -0.1) is 0 Å². The molecule has 0 aliphatic carbocycles. The number of nitrogens with zero attached hydrogens (tertiary/aromatic N) is 1. The minimum Gasteiger partial charge on any atom is -0.512 e. The number of aromatic nitrogens is 1. The van der Waals surface area contributed by atoms with Crippen LogP contribution in [0.1, 0.15) is 24.3 Å². The van der Waals surface area contributed by atoms with E-state index < -0.39 is 0 Å². The number of aliphatic hydroxyl groups excluding tert-OH is 1. The largest absolute Gasteiger partial charge is 0.512 e. The van der Waals surface area contributed by atoms with Crippen LogP contribution in [0.2, 0.25) is 0 Å². The third kappa shape index (κ3) is 6.70. The molecule has 3 nitrogen and oxygen atoms in total. The van der Waals surface area contributed by atoms with E-state index in [1.54, 1.807) is 11.3 Å². The molecule has 0 amide bonds. The summed E-state index contributed by atoms with van der Waals surface area (Å²) in [4.78, 5) is 15.6. The second-order valence-electron chi connectivity index (χ2n) is 7.20. The second kappa shape index (κ2) is 11.1. The molecule has 1 radical (unpaired) electrons. The molecule has 0 saturated heterocycles. The molecule has 0 atom stereocenters. The van der Waals surface area contributed by atoms with Crippen molar-refractivity contribution in [1.29, 1.82) is 0 Å². The van der Waals surface area contributed by atoms with Gasteiger partial charge in [0.05, 0.1) is 24.3 Å². The fourth-order valence-corrected chi connectivity index (χ4v) is 3.89. The first kappa shape index (κ1) is 24.7. The Bertz CT molecular complexity index is 1210. The van der Waals surface area contributed by atoms with Crippen molar-refractivity contribution in [3.63, 3.8) is 0 Å². The molecular weight excluding hydrogens is 583 g/mol. The van der Waals surface area contributed by atoms with Gasteiger partial charge in [0.1, 0.15) is 0 Å². The molecule has 31 heavy (non-hydrogen) atoms. The molecular formula is C26H25IrNO2S. The Hall–Kier alpha value is -2.59. The van der Waals surface area contributed by atoms with E-state index in [1.165, 1.54) is 46.9 Å². The Morgan fingerprint density at radius 2 is 1.77 bits per heavy atom. The third-order valence-electron chi connectivity index (χ3n) is 4.37. The Balaban J connectivity index is 0.000000373. The van der Waals surface area contributed by atoms with Crippen molar-refractivity contribution in [2.45, 2.75) is 27.7 Å². The minimum atomic E-state index is 0. The van der Waals surface area contributed by atoms with E-state index in [0.717, 1.165) is 16.1 Å². The first-order chi connectivity index (χ1) is 14.3. The molecule has 2 heterocycles. The number of thiophene rings is 1. The van der Waals surface area contributed by atoms with Crippen molar-refractivity contribution in [2.75, 3.05) is 0 Å². The standard InChI is InChI=1S/C21H16NS.C5H8O2.Ir/c1-14-8-10-17-18(16-6-4-3-5-7-16)13-20(22-19(17)12-14)21-11-9-15(2)23-21;1-4(6)3-5(2)7;/h3-10,12-13H,1-2H3;3,6H,1-2H3;/q-1;;/p+1. The van der Waals surface area contributed by atoms with Gasteiger partial charge in [0.15, 0.2) is 0 Å². The number of allylic oxidation sites excluding steroid dienone is 2. The average molecular weight is 608 g/mol. The Kier molecular flexibility index (Phi) is 8.87. The molecule has 0 aliphatic rings. The van der Waals surface area contributed by atoms with Crippen LogP contribution in [0.15, 0.2) is 72.5 Å². The molecule has 161 valence electrons. The van der Waals surface area contributed by atoms with Gasteiger partial charge in [0.2, 0.25) is 0 Å². The van der Waals surface area contributed by atoms with Crippen LogP contribution in [-0.2, 0) is 20.1 Å². The van der Waals surface area contributed by atoms with Gasteiger partial charge in [-0.2, -0.15) is 12.1 Å². The molecule has 4 rings (SSSR count). The molecule has 0 aliphatic heterocycles. The molecule has 0 saturated carbocycles. The third-order valence-corrected chi connectivity index (χ3v) is 5.34. The SMILES string of the molecule is CC(=[OH+])C=C(C)O.Cc1ccc2c(-c3ccccc3)cc(-c3[c-]cc(C)s3)nc2c1.[Ir]. The number of benzene rings is 2. The first-order valence-corrected chi connectivity index (χ1v) is 10.5. The van der Waals surface area contributed by atoms with Crippen LogP contribution < -0.4 is 0 Å². The number of hydrogen-bond acceptors (Lipinski definition) is 3. The number of hydrogen-bond donors (Lipinski definition) is 1. The average Bonchev–Trinajstić information content (AvgIpc) is 3.13. The zero-order valence-corrected chi connectivity index (χ0v) is 21.1. The molecule has 2 N–H and O–H groups in total. The van der Waals surface area contributed by atoms with Crippen molar-refractivity contribution in [2.24, 2.45) is 0 Å². The fraction of sp³-hybridized carbons (Fsp3) is 0.154. The predicted molar refractivity (Wildman–Crippen MR) is 128 cm³/mol. The van der Waals surface area contributed by atoms with Gasteiger partial charge in [-0.05, 0) is 42.3 Å². The smallest absolute Gasteiger partial charge is 0.316 e. The predicted octanol–water partition coefficient (Wildman–Crippen LogP) is 7.06. The monoisotopic (exact) mass is 608 g/mol. The normalized spacial score (nSPS) is 10.8. The summed E-state index contributed by atoms with van der Waals surface area (Å²) in [6.45, 7) is 7.21. The van der Waals surface area contributed by atoms with Crippen LogP contribution >= 0.6 is 11.3 Å². The molecule has 0 unspecified atom stereocenters. The molecule has 0 bridgehead atoms. The summed E-state index contributed by atoms with van der Waals surface area (Å²) in [6, 6.07) is 24.6. The molecule has 2 aromatic heterocycles. The van der Waals surface area contributed by atoms with Crippen LogP contribution in [-0.4, -0.2) is 20.7 Å². The van der Waals surface area contributed by atoms with Gasteiger partial charge < -0.3 is 10.1 Å². The van der Waals surface area contributed by atoms with E-state index in [4.69, 9.17) is 14.9 Å². The first-order valence-electron chi connectivity index (χ1n) is 9.68. The summed E-state index contributed by atoms with van der Waals surface area (Å²) in [5.41, 5.74) is 5.72. The summed E-state index contributed by atoms with van der Waals surface area (Å²) < 4.78 is 0. The number of aliphatic hydroxyl groups is 1. The number of ketones is 1. The summed E-state index contributed by atoms with van der Waals surface area (Å²) >= 11 is 1.74. The van der Waals surface area contributed by atoms with E-state index >= 15 is 0 Å². The maximum absolute atomic E-state index is 8.40. The molecule has 2 aromatic carbocycles. The molecule has 5 heteroatoms. The minimum absolute atomic E-state index is 0. The van der Waals surface area contributed by atoms with E-state index in [1.807, 2.05) is 12.1 Å². The van der Waals surface area contributed by atoms with Gasteiger partial charge in [-0.25, -0.2) is 11.3 Å². The Morgan fingerprint density at radius 1 is 1.06 bits per heavy atom. The number of rotatable bonds is 3.